The average Bonchev–Trinajstić information content (AvgIpc) is 2.95. The first-order chi connectivity index (χ1) is 13.4. The number of benzene rings is 2. The Balaban J connectivity index is 1.64. The van der Waals surface area contributed by atoms with Crippen molar-refractivity contribution in [2.45, 2.75) is 30.6 Å². The van der Waals surface area contributed by atoms with Crippen molar-refractivity contribution < 1.29 is 13.2 Å². The van der Waals surface area contributed by atoms with Crippen molar-refractivity contribution in [1.82, 2.24) is 0 Å². The Kier molecular flexibility index (Phi) is 6.57. The molecule has 1 amide bonds. The van der Waals surface area contributed by atoms with E-state index in [9.17, 15) is 13.2 Å². The van der Waals surface area contributed by atoms with Gasteiger partial charge in [-0.2, -0.15) is 0 Å². The maximum atomic E-state index is 12.4. The number of rotatable bonds is 6. The second kappa shape index (κ2) is 9.10. The van der Waals surface area contributed by atoms with E-state index < -0.39 is 9.84 Å². The Bertz CT molecular complexity index is 920. The van der Waals surface area contributed by atoms with Crippen LogP contribution in [-0.2, 0) is 14.6 Å². The van der Waals surface area contributed by atoms with Crippen LogP contribution in [0.3, 0.4) is 0 Å². The van der Waals surface area contributed by atoms with E-state index in [-0.39, 0.29) is 17.3 Å². The highest BCUT2D eigenvalue weighted by atomic mass is 32.2. The van der Waals surface area contributed by atoms with Gasteiger partial charge in [0.25, 0.3) is 0 Å². The fourth-order valence-electron chi connectivity index (χ4n) is 3.40. The summed E-state index contributed by atoms with van der Waals surface area (Å²) in [5.74, 6) is -0.226. The first kappa shape index (κ1) is 20.2. The van der Waals surface area contributed by atoms with Crippen LogP contribution in [0.2, 0.25) is 0 Å². The van der Waals surface area contributed by atoms with Gasteiger partial charge in [-0.05, 0) is 43.2 Å². The Morgan fingerprint density at radius 3 is 2.43 bits per heavy atom. The molecule has 0 saturated carbocycles. The van der Waals surface area contributed by atoms with Gasteiger partial charge in [0.05, 0.1) is 22.8 Å². The molecule has 6 nitrogen and oxygen atoms in total. The van der Waals surface area contributed by atoms with Gasteiger partial charge in [0, 0.05) is 25.0 Å². The van der Waals surface area contributed by atoms with E-state index >= 15 is 0 Å². The third kappa shape index (κ3) is 5.48. The Morgan fingerprint density at radius 2 is 1.71 bits per heavy atom. The number of nitrogens with zero attached hydrogens (tertiary/aromatic N) is 1. The lowest BCUT2D eigenvalue weighted by atomic mass is 10.2. The minimum Gasteiger partial charge on any atom is -0.374 e. The number of para-hydroxylation sites is 2. The smallest absolute Gasteiger partial charge is 0.243 e. The van der Waals surface area contributed by atoms with Crippen LogP contribution >= 0.6 is 0 Å². The molecule has 150 valence electrons. The number of sulfone groups is 1. The SMILES string of the molecule is CS(=O)(=O)c1cccc(NC(=O)CNc2ccccc2N2CCCCCC2)c1. The molecule has 0 aromatic heterocycles. The molecule has 0 spiro atoms. The van der Waals surface area contributed by atoms with Crippen molar-refractivity contribution in [2.75, 3.05) is 41.4 Å². The lowest BCUT2D eigenvalue weighted by Gasteiger charge is -2.25. The van der Waals surface area contributed by atoms with E-state index in [2.05, 4.69) is 21.6 Å². The molecule has 2 N–H and O–H groups in total. The highest BCUT2D eigenvalue weighted by Crippen LogP contribution is 2.27. The lowest BCUT2D eigenvalue weighted by Crippen LogP contribution is -2.26. The van der Waals surface area contributed by atoms with Gasteiger partial charge in [-0.15, -0.1) is 0 Å². The molecule has 1 fully saturated rings. The monoisotopic (exact) mass is 401 g/mol. The summed E-state index contributed by atoms with van der Waals surface area (Å²) in [5, 5.41) is 5.98. The van der Waals surface area contributed by atoms with Crippen molar-refractivity contribution in [3.05, 3.63) is 48.5 Å². The number of hydrogen-bond donors (Lipinski definition) is 2. The predicted molar refractivity (Wildman–Crippen MR) is 114 cm³/mol. The van der Waals surface area contributed by atoms with Crippen LogP contribution in [0.15, 0.2) is 53.4 Å². The van der Waals surface area contributed by atoms with E-state index in [1.165, 1.54) is 37.8 Å². The number of nitrogens with one attached hydrogen (secondary N) is 2. The Labute approximate surface area is 166 Å². The summed E-state index contributed by atoms with van der Waals surface area (Å²) in [5.41, 5.74) is 2.52. The second-order valence-electron chi connectivity index (χ2n) is 7.12. The molecule has 2 aromatic carbocycles. The number of amides is 1. The van der Waals surface area contributed by atoms with E-state index in [4.69, 9.17) is 0 Å². The quantitative estimate of drug-likeness (QED) is 0.774. The predicted octanol–water partition coefficient (Wildman–Crippen LogP) is 3.52. The standard InChI is InChI=1S/C21H27N3O3S/c1-28(26,27)18-10-8-9-17(15-18)23-21(25)16-22-19-11-4-5-12-20(19)24-13-6-2-3-7-14-24/h4-5,8-12,15,22H,2-3,6-7,13-14,16H2,1H3,(H,23,25). The second-order valence-corrected chi connectivity index (χ2v) is 9.14. The molecular formula is C21H27N3O3S. The fourth-order valence-corrected chi connectivity index (χ4v) is 4.06. The molecule has 0 aliphatic carbocycles. The largest absolute Gasteiger partial charge is 0.374 e. The molecule has 1 aliphatic heterocycles. The molecule has 28 heavy (non-hydrogen) atoms. The van der Waals surface area contributed by atoms with Crippen molar-refractivity contribution in [3.8, 4) is 0 Å². The normalized spacial score (nSPS) is 15.0. The summed E-state index contributed by atoms with van der Waals surface area (Å²) in [6, 6.07) is 14.3. The zero-order chi connectivity index (χ0) is 20.0. The molecule has 0 bridgehead atoms. The third-order valence-corrected chi connectivity index (χ3v) is 5.95. The molecule has 0 atom stereocenters. The number of carbonyl (C=O) groups excluding carboxylic acids is 1. The Hall–Kier alpha value is -2.54. The van der Waals surface area contributed by atoms with Crippen LogP contribution in [0.5, 0.6) is 0 Å². The van der Waals surface area contributed by atoms with E-state index in [1.807, 2.05) is 18.2 Å². The molecular weight excluding hydrogens is 374 g/mol. The van der Waals surface area contributed by atoms with Crippen molar-refractivity contribution >= 4 is 32.8 Å². The highest BCUT2D eigenvalue weighted by molar-refractivity contribution is 7.90. The van der Waals surface area contributed by atoms with E-state index in [0.717, 1.165) is 30.7 Å². The van der Waals surface area contributed by atoms with Gasteiger partial charge in [0.2, 0.25) is 5.91 Å². The topological polar surface area (TPSA) is 78.5 Å². The molecule has 1 saturated heterocycles. The molecule has 1 heterocycles. The molecule has 0 radical (unpaired) electrons. The summed E-state index contributed by atoms with van der Waals surface area (Å²) >= 11 is 0. The van der Waals surface area contributed by atoms with Gasteiger partial charge in [0.1, 0.15) is 0 Å². The van der Waals surface area contributed by atoms with Crippen LogP contribution < -0.4 is 15.5 Å². The minimum absolute atomic E-state index is 0.105. The van der Waals surface area contributed by atoms with Crippen LogP contribution in [0.25, 0.3) is 0 Å². The highest BCUT2D eigenvalue weighted by Gasteiger charge is 2.14. The summed E-state index contributed by atoms with van der Waals surface area (Å²) in [4.78, 5) is 14.9. The fraction of sp³-hybridized carbons (Fsp3) is 0.381. The molecule has 1 aliphatic rings. The maximum Gasteiger partial charge on any atom is 0.243 e. The van der Waals surface area contributed by atoms with Gasteiger partial charge in [-0.3, -0.25) is 4.79 Å². The van der Waals surface area contributed by atoms with Crippen molar-refractivity contribution in [1.29, 1.82) is 0 Å². The summed E-state index contributed by atoms with van der Waals surface area (Å²) in [6.45, 7) is 2.17. The van der Waals surface area contributed by atoms with Crippen LogP contribution in [0.4, 0.5) is 17.1 Å². The van der Waals surface area contributed by atoms with E-state index in [0.29, 0.717) is 5.69 Å². The first-order valence-corrected chi connectivity index (χ1v) is 11.5. The van der Waals surface area contributed by atoms with Gasteiger partial charge in [-0.25, -0.2) is 8.42 Å². The molecule has 7 heteroatoms. The zero-order valence-corrected chi connectivity index (χ0v) is 17.0. The number of anilines is 3. The molecule has 2 aromatic rings. The first-order valence-electron chi connectivity index (χ1n) is 9.61. The summed E-state index contributed by atoms with van der Waals surface area (Å²) in [7, 11) is -3.31. The maximum absolute atomic E-state index is 12.4. The minimum atomic E-state index is -3.31. The van der Waals surface area contributed by atoms with E-state index in [1.54, 1.807) is 12.1 Å². The zero-order valence-electron chi connectivity index (χ0n) is 16.1. The Morgan fingerprint density at radius 1 is 1.00 bits per heavy atom. The van der Waals surface area contributed by atoms with Crippen molar-refractivity contribution in [2.24, 2.45) is 0 Å². The average molecular weight is 402 g/mol. The molecule has 0 unspecified atom stereocenters. The molecule has 3 rings (SSSR count). The van der Waals surface area contributed by atoms with Gasteiger partial charge < -0.3 is 15.5 Å². The number of hydrogen-bond acceptors (Lipinski definition) is 5. The summed E-state index contributed by atoms with van der Waals surface area (Å²) < 4.78 is 23.3. The van der Waals surface area contributed by atoms with Gasteiger partial charge in [-0.1, -0.05) is 31.0 Å². The lowest BCUT2D eigenvalue weighted by molar-refractivity contribution is -0.114. The third-order valence-electron chi connectivity index (χ3n) is 4.84. The van der Waals surface area contributed by atoms with Gasteiger partial charge >= 0.3 is 0 Å². The van der Waals surface area contributed by atoms with Crippen molar-refractivity contribution in [3.63, 3.8) is 0 Å². The van der Waals surface area contributed by atoms with Crippen LogP contribution in [-0.4, -0.2) is 40.2 Å². The summed E-state index contributed by atoms with van der Waals surface area (Å²) in [6.07, 6.45) is 6.05. The number of carbonyl (C=O) groups is 1. The van der Waals surface area contributed by atoms with Gasteiger partial charge in [0.15, 0.2) is 9.84 Å². The van der Waals surface area contributed by atoms with Crippen LogP contribution in [0, 0.1) is 0 Å². The van der Waals surface area contributed by atoms with Crippen LogP contribution in [0.1, 0.15) is 25.7 Å².